The van der Waals surface area contributed by atoms with Crippen LogP contribution in [0.5, 0.6) is 0 Å². The number of guanidine groups is 1. The lowest BCUT2D eigenvalue weighted by atomic mass is 9.99. The zero-order chi connectivity index (χ0) is 19.3. The van der Waals surface area contributed by atoms with Crippen molar-refractivity contribution in [2.75, 3.05) is 36.0 Å². The van der Waals surface area contributed by atoms with Crippen molar-refractivity contribution < 1.29 is 8.42 Å². The van der Waals surface area contributed by atoms with Gasteiger partial charge in [0.2, 0.25) is 0 Å². The van der Waals surface area contributed by atoms with Crippen molar-refractivity contribution in [1.82, 2.24) is 10.6 Å². The highest BCUT2D eigenvalue weighted by atomic mass is 127. The van der Waals surface area contributed by atoms with E-state index in [4.69, 9.17) is 0 Å². The second-order valence-electron chi connectivity index (χ2n) is 7.78. The minimum absolute atomic E-state index is 0. The Labute approximate surface area is 186 Å². The molecule has 2 fully saturated rings. The van der Waals surface area contributed by atoms with Crippen LogP contribution in [0.15, 0.2) is 29.3 Å². The van der Waals surface area contributed by atoms with Gasteiger partial charge in [-0.1, -0.05) is 19.1 Å². The SMILES string of the molecule is CCNC(=NCc1ccc(N2CCC(C)CC2)cc1)NC1CCS(=O)(=O)C1.I. The maximum atomic E-state index is 11.6. The molecular weight excluding hydrogens is 487 g/mol. The number of anilines is 1. The molecule has 158 valence electrons. The fraction of sp³-hybridized carbons (Fsp3) is 0.650. The van der Waals surface area contributed by atoms with Gasteiger partial charge in [0.25, 0.3) is 0 Å². The Bertz CT molecular complexity index is 744. The van der Waals surface area contributed by atoms with Crippen LogP contribution in [0.3, 0.4) is 0 Å². The Morgan fingerprint density at radius 2 is 1.86 bits per heavy atom. The molecule has 3 rings (SSSR count). The normalized spacial score (nSPS) is 22.6. The summed E-state index contributed by atoms with van der Waals surface area (Å²) in [5.41, 5.74) is 2.44. The number of hydrogen-bond acceptors (Lipinski definition) is 4. The number of nitrogens with zero attached hydrogens (tertiary/aromatic N) is 2. The first-order chi connectivity index (χ1) is 12.9. The van der Waals surface area contributed by atoms with Gasteiger partial charge in [-0.2, -0.15) is 0 Å². The predicted molar refractivity (Wildman–Crippen MR) is 127 cm³/mol. The highest BCUT2D eigenvalue weighted by molar-refractivity contribution is 14.0. The molecule has 8 heteroatoms. The Kier molecular flexibility index (Phi) is 8.85. The fourth-order valence-corrected chi connectivity index (χ4v) is 5.34. The van der Waals surface area contributed by atoms with E-state index in [0.29, 0.717) is 18.9 Å². The number of benzene rings is 1. The first-order valence-electron chi connectivity index (χ1n) is 10.0. The number of piperidine rings is 1. The topological polar surface area (TPSA) is 73.8 Å². The molecule has 0 radical (unpaired) electrons. The minimum atomic E-state index is -2.89. The molecular formula is C20H33IN4O2S. The van der Waals surface area contributed by atoms with Crippen molar-refractivity contribution in [1.29, 1.82) is 0 Å². The summed E-state index contributed by atoms with van der Waals surface area (Å²) in [6, 6.07) is 8.60. The molecule has 1 unspecified atom stereocenters. The summed E-state index contributed by atoms with van der Waals surface area (Å²) in [6.07, 6.45) is 3.18. The first kappa shape index (κ1) is 23.3. The van der Waals surface area contributed by atoms with E-state index in [1.807, 2.05) is 6.92 Å². The number of halogens is 1. The molecule has 0 spiro atoms. The van der Waals surface area contributed by atoms with Gasteiger partial charge in [-0.05, 0) is 49.8 Å². The Morgan fingerprint density at radius 3 is 2.43 bits per heavy atom. The summed E-state index contributed by atoms with van der Waals surface area (Å²) >= 11 is 0. The van der Waals surface area contributed by atoms with Crippen molar-refractivity contribution in [3.8, 4) is 0 Å². The molecule has 0 bridgehead atoms. The van der Waals surface area contributed by atoms with Crippen molar-refractivity contribution in [2.24, 2.45) is 10.9 Å². The summed E-state index contributed by atoms with van der Waals surface area (Å²) in [4.78, 5) is 7.09. The maximum absolute atomic E-state index is 11.6. The largest absolute Gasteiger partial charge is 0.372 e. The fourth-order valence-electron chi connectivity index (χ4n) is 3.67. The van der Waals surface area contributed by atoms with Crippen LogP contribution in [0.1, 0.15) is 38.7 Å². The summed E-state index contributed by atoms with van der Waals surface area (Å²) in [5.74, 6) is 1.98. The molecule has 0 saturated carbocycles. The van der Waals surface area contributed by atoms with Crippen LogP contribution in [0, 0.1) is 5.92 Å². The highest BCUT2D eigenvalue weighted by Gasteiger charge is 2.28. The van der Waals surface area contributed by atoms with E-state index in [1.54, 1.807) is 0 Å². The van der Waals surface area contributed by atoms with Gasteiger partial charge in [-0.3, -0.25) is 0 Å². The first-order valence-corrected chi connectivity index (χ1v) is 11.9. The molecule has 0 aromatic heterocycles. The van der Waals surface area contributed by atoms with Gasteiger partial charge in [-0.15, -0.1) is 24.0 Å². The van der Waals surface area contributed by atoms with Crippen LogP contribution in [0.2, 0.25) is 0 Å². The summed E-state index contributed by atoms with van der Waals surface area (Å²) in [5, 5.41) is 6.47. The van der Waals surface area contributed by atoms with Gasteiger partial charge in [0.15, 0.2) is 15.8 Å². The average molecular weight is 520 g/mol. The van der Waals surface area contributed by atoms with Crippen molar-refractivity contribution in [3.63, 3.8) is 0 Å². The zero-order valence-corrected chi connectivity index (χ0v) is 20.0. The predicted octanol–water partition coefficient (Wildman–Crippen LogP) is 2.78. The molecule has 2 heterocycles. The minimum Gasteiger partial charge on any atom is -0.372 e. The highest BCUT2D eigenvalue weighted by Crippen LogP contribution is 2.23. The smallest absolute Gasteiger partial charge is 0.191 e. The van der Waals surface area contributed by atoms with E-state index < -0.39 is 9.84 Å². The van der Waals surface area contributed by atoms with E-state index in [0.717, 1.165) is 31.1 Å². The quantitative estimate of drug-likeness (QED) is 0.355. The van der Waals surface area contributed by atoms with Crippen molar-refractivity contribution in [2.45, 2.75) is 45.7 Å². The Hall–Kier alpha value is -1.03. The van der Waals surface area contributed by atoms with Crippen LogP contribution >= 0.6 is 24.0 Å². The van der Waals surface area contributed by atoms with Gasteiger partial charge < -0.3 is 15.5 Å². The standard InChI is InChI=1S/C20H32N4O2S.HI/c1-3-21-20(23-18-10-13-27(25,26)15-18)22-14-17-4-6-19(7-5-17)24-11-8-16(2)9-12-24;/h4-7,16,18H,3,8-15H2,1-2H3,(H2,21,22,23);1H. The lowest BCUT2D eigenvalue weighted by molar-refractivity contribution is 0.438. The molecule has 0 amide bonds. The van der Waals surface area contributed by atoms with Gasteiger partial charge >= 0.3 is 0 Å². The summed E-state index contributed by atoms with van der Waals surface area (Å²) in [7, 11) is -2.89. The molecule has 2 N–H and O–H groups in total. The third-order valence-corrected chi connectivity index (χ3v) is 7.19. The number of aliphatic imine (C=N–C) groups is 1. The molecule has 2 aliphatic heterocycles. The lowest BCUT2D eigenvalue weighted by Gasteiger charge is -2.32. The Balaban J connectivity index is 0.00000280. The second kappa shape index (κ2) is 10.7. The summed E-state index contributed by atoms with van der Waals surface area (Å²) in [6.45, 7) is 7.94. The molecule has 1 atom stereocenters. The van der Waals surface area contributed by atoms with Gasteiger partial charge in [-0.25, -0.2) is 13.4 Å². The number of rotatable bonds is 5. The molecule has 2 saturated heterocycles. The van der Waals surface area contributed by atoms with Crippen LogP contribution in [-0.2, 0) is 16.4 Å². The third kappa shape index (κ3) is 6.79. The summed E-state index contributed by atoms with van der Waals surface area (Å²) < 4.78 is 23.3. The molecule has 28 heavy (non-hydrogen) atoms. The van der Waals surface area contributed by atoms with Gasteiger partial charge in [0.05, 0.1) is 18.1 Å². The number of hydrogen-bond donors (Lipinski definition) is 2. The monoisotopic (exact) mass is 520 g/mol. The lowest BCUT2D eigenvalue weighted by Crippen LogP contribution is -2.44. The van der Waals surface area contributed by atoms with E-state index >= 15 is 0 Å². The number of nitrogens with one attached hydrogen (secondary N) is 2. The van der Waals surface area contributed by atoms with E-state index in [1.165, 1.54) is 18.5 Å². The number of sulfone groups is 1. The van der Waals surface area contributed by atoms with E-state index in [2.05, 4.69) is 51.7 Å². The Morgan fingerprint density at radius 1 is 1.18 bits per heavy atom. The zero-order valence-electron chi connectivity index (χ0n) is 16.9. The second-order valence-corrected chi connectivity index (χ2v) is 10.0. The van der Waals surface area contributed by atoms with Crippen LogP contribution in [0.25, 0.3) is 0 Å². The van der Waals surface area contributed by atoms with Gasteiger partial charge in [0.1, 0.15) is 0 Å². The van der Waals surface area contributed by atoms with Crippen LogP contribution in [0.4, 0.5) is 5.69 Å². The third-order valence-electron chi connectivity index (χ3n) is 5.42. The molecule has 0 aliphatic carbocycles. The maximum Gasteiger partial charge on any atom is 0.191 e. The molecule has 1 aromatic rings. The average Bonchev–Trinajstić information content (AvgIpc) is 2.99. The van der Waals surface area contributed by atoms with Gasteiger partial charge in [0, 0.05) is 31.4 Å². The molecule has 2 aliphatic rings. The van der Waals surface area contributed by atoms with Crippen LogP contribution in [-0.4, -0.2) is 51.6 Å². The molecule has 1 aromatic carbocycles. The van der Waals surface area contributed by atoms with E-state index in [9.17, 15) is 8.42 Å². The molecule has 6 nitrogen and oxygen atoms in total. The van der Waals surface area contributed by atoms with E-state index in [-0.39, 0.29) is 41.5 Å². The van der Waals surface area contributed by atoms with Crippen molar-refractivity contribution in [3.05, 3.63) is 29.8 Å². The van der Waals surface area contributed by atoms with Crippen LogP contribution < -0.4 is 15.5 Å². The van der Waals surface area contributed by atoms with Crippen molar-refractivity contribution >= 4 is 45.5 Å².